The van der Waals surface area contributed by atoms with E-state index in [1.807, 2.05) is 42.6 Å². The van der Waals surface area contributed by atoms with Crippen LogP contribution in [0.5, 0.6) is 0 Å². The molecule has 1 atom stereocenters. The molecule has 1 amide bonds. The highest BCUT2D eigenvalue weighted by atomic mass is 35.5. The third-order valence-electron chi connectivity index (χ3n) is 7.69. The lowest BCUT2D eigenvalue weighted by Gasteiger charge is -2.33. The zero-order chi connectivity index (χ0) is 30.0. The Hall–Kier alpha value is -3.79. The number of nitrogens with zero attached hydrogens (tertiary/aromatic N) is 3. The van der Waals surface area contributed by atoms with Crippen LogP contribution in [0.2, 0.25) is 5.02 Å². The van der Waals surface area contributed by atoms with E-state index in [-0.39, 0.29) is 18.0 Å². The molecule has 5 rings (SSSR count). The van der Waals surface area contributed by atoms with Gasteiger partial charge in [-0.2, -0.15) is 0 Å². The van der Waals surface area contributed by atoms with Crippen molar-refractivity contribution in [2.24, 2.45) is 0 Å². The van der Waals surface area contributed by atoms with Crippen molar-refractivity contribution in [1.29, 1.82) is 0 Å². The maximum absolute atomic E-state index is 14.4. The molecule has 0 bridgehead atoms. The topological polar surface area (TPSA) is 93.5 Å². The number of halogens is 1. The summed E-state index contributed by atoms with van der Waals surface area (Å²) in [6.07, 6.45) is 1.44. The van der Waals surface area contributed by atoms with Crippen LogP contribution in [0, 0.1) is 6.92 Å². The average molecular weight is 605 g/mol. The van der Waals surface area contributed by atoms with E-state index >= 15 is 0 Å². The quantitative estimate of drug-likeness (QED) is 0.288. The standard InChI is InChI=1S/C32H33ClN4O4S/c1-5-20-8-7-9-21(6-2)28(20)37-19(3)24(30(38)36-15-14-34-26(17-36)32(40)41-4)16-25(31(37)39)29-35-27(18-42-29)22-10-12-23(33)13-11-22/h7-13,16,18,26,34H,5-6,14-15,17H2,1-4H3/t26-/m0/s1. The van der Waals surface area contributed by atoms with E-state index in [0.717, 1.165) is 40.9 Å². The predicted molar refractivity (Wildman–Crippen MR) is 167 cm³/mol. The molecule has 0 saturated carbocycles. The third-order valence-corrected chi connectivity index (χ3v) is 8.82. The molecule has 1 aliphatic heterocycles. The van der Waals surface area contributed by atoms with Crippen LogP contribution in [0.15, 0.2) is 58.7 Å². The first-order chi connectivity index (χ1) is 20.3. The van der Waals surface area contributed by atoms with Crippen molar-refractivity contribution in [2.45, 2.75) is 39.7 Å². The zero-order valence-electron chi connectivity index (χ0n) is 24.1. The van der Waals surface area contributed by atoms with Gasteiger partial charge in [0.2, 0.25) is 0 Å². The number of thiazole rings is 1. The van der Waals surface area contributed by atoms with Crippen molar-refractivity contribution >= 4 is 34.8 Å². The Labute approximate surface area is 253 Å². The van der Waals surface area contributed by atoms with Crippen LogP contribution in [-0.4, -0.2) is 59.1 Å². The Balaban J connectivity index is 1.70. The Morgan fingerprint density at radius 1 is 1.12 bits per heavy atom. The number of methoxy groups -OCH3 is 1. The normalized spacial score (nSPS) is 15.1. The molecule has 10 heteroatoms. The third kappa shape index (κ3) is 5.64. The molecule has 0 unspecified atom stereocenters. The lowest BCUT2D eigenvalue weighted by atomic mass is 10.0. The molecule has 42 heavy (non-hydrogen) atoms. The maximum Gasteiger partial charge on any atom is 0.324 e. The number of hydrogen-bond acceptors (Lipinski definition) is 7. The molecule has 1 aliphatic rings. The summed E-state index contributed by atoms with van der Waals surface area (Å²) in [6.45, 7) is 6.97. The van der Waals surface area contributed by atoms with Gasteiger partial charge in [-0.1, -0.05) is 55.8 Å². The van der Waals surface area contributed by atoms with Crippen LogP contribution in [0.3, 0.4) is 0 Å². The van der Waals surface area contributed by atoms with Gasteiger partial charge < -0.3 is 15.0 Å². The Morgan fingerprint density at radius 2 is 1.81 bits per heavy atom. The molecule has 0 radical (unpaired) electrons. The molecule has 0 aliphatic carbocycles. The van der Waals surface area contributed by atoms with Gasteiger partial charge in [-0.3, -0.25) is 19.0 Å². The summed E-state index contributed by atoms with van der Waals surface area (Å²) in [5.74, 6) is -0.670. The van der Waals surface area contributed by atoms with E-state index in [1.165, 1.54) is 18.4 Å². The highest BCUT2D eigenvalue weighted by Gasteiger charge is 2.31. The SMILES string of the molecule is CCc1cccc(CC)c1-n1c(C)c(C(=O)N2CCN[C@H](C(=O)OC)C2)cc(-c2nc(-c3ccc(Cl)cc3)cs2)c1=O. The fourth-order valence-corrected chi connectivity index (χ4v) is 6.36. The lowest BCUT2D eigenvalue weighted by molar-refractivity contribution is -0.144. The summed E-state index contributed by atoms with van der Waals surface area (Å²) in [5.41, 5.74) is 5.50. The van der Waals surface area contributed by atoms with Crippen LogP contribution < -0.4 is 10.9 Å². The number of esters is 1. The summed E-state index contributed by atoms with van der Waals surface area (Å²) in [7, 11) is 1.33. The smallest absolute Gasteiger partial charge is 0.324 e. The van der Waals surface area contributed by atoms with Crippen molar-refractivity contribution in [3.63, 3.8) is 0 Å². The number of hydrogen-bond donors (Lipinski definition) is 1. The first-order valence-electron chi connectivity index (χ1n) is 14.0. The van der Waals surface area contributed by atoms with E-state index < -0.39 is 12.0 Å². The molecule has 218 valence electrons. The van der Waals surface area contributed by atoms with Gasteiger partial charge in [0, 0.05) is 41.3 Å². The second kappa shape index (κ2) is 12.6. The monoisotopic (exact) mass is 604 g/mol. The number of ether oxygens (including phenoxy) is 1. The molecule has 4 aromatic rings. The summed E-state index contributed by atoms with van der Waals surface area (Å²) in [6, 6.07) is 14.5. The van der Waals surface area contributed by atoms with Crippen molar-refractivity contribution in [3.05, 3.63) is 91.7 Å². The van der Waals surface area contributed by atoms with Crippen LogP contribution in [0.25, 0.3) is 27.5 Å². The number of benzene rings is 2. The fourth-order valence-electron chi connectivity index (χ4n) is 5.40. The van der Waals surface area contributed by atoms with Gasteiger partial charge in [0.15, 0.2) is 0 Å². The summed E-state index contributed by atoms with van der Waals surface area (Å²) < 4.78 is 6.60. The average Bonchev–Trinajstić information content (AvgIpc) is 3.51. The van der Waals surface area contributed by atoms with Gasteiger partial charge in [-0.05, 0) is 49.1 Å². The number of amides is 1. The molecule has 1 fully saturated rings. The number of para-hydroxylation sites is 1. The van der Waals surface area contributed by atoms with Crippen LogP contribution in [0.1, 0.15) is 41.0 Å². The number of aromatic nitrogens is 2. The number of carbonyl (C=O) groups excluding carboxylic acids is 2. The predicted octanol–water partition coefficient (Wildman–Crippen LogP) is 5.30. The Morgan fingerprint density at radius 3 is 2.45 bits per heavy atom. The molecule has 8 nitrogen and oxygen atoms in total. The van der Waals surface area contributed by atoms with E-state index in [1.54, 1.807) is 27.7 Å². The summed E-state index contributed by atoms with van der Waals surface area (Å²) in [4.78, 5) is 47.2. The molecule has 1 N–H and O–H groups in total. The van der Waals surface area contributed by atoms with Gasteiger partial charge in [-0.15, -0.1) is 11.3 Å². The first-order valence-corrected chi connectivity index (χ1v) is 15.2. The van der Waals surface area contributed by atoms with E-state index in [2.05, 4.69) is 19.2 Å². The number of rotatable bonds is 7. The minimum Gasteiger partial charge on any atom is -0.468 e. The zero-order valence-corrected chi connectivity index (χ0v) is 25.6. The number of aryl methyl sites for hydroxylation is 2. The van der Waals surface area contributed by atoms with Crippen LogP contribution >= 0.6 is 22.9 Å². The van der Waals surface area contributed by atoms with E-state index in [9.17, 15) is 14.4 Å². The van der Waals surface area contributed by atoms with Gasteiger partial charge in [-0.25, -0.2) is 4.98 Å². The van der Waals surface area contributed by atoms with Crippen molar-refractivity contribution in [2.75, 3.05) is 26.7 Å². The minimum atomic E-state index is -0.619. The highest BCUT2D eigenvalue weighted by molar-refractivity contribution is 7.13. The fraction of sp³-hybridized carbons (Fsp3) is 0.312. The highest BCUT2D eigenvalue weighted by Crippen LogP contribution is 2.31. The van der Waals surface area contributed by atoms with Crippen LogP contribution in [-0.2, 0) is 22.4 Å². The van der Waals surface area contributed by atoms with Gasteiger partial charge in [0.25, 0.3) is 11.5 Å². The molecule has 0 spiro atoms. The minimum absolute atomic E-state index is 0.170. The molecule has 1 saturated heterocycles. The van der Waals surface area contributed by atoms with Crippen molar-refractivity contribution in [1.82, 2.24) is 19.8 Å². The number of piperazine rings is 1. The number of pyridine rings is 1. The Kier molecular flexibility index (Phi) is 8.91. The lowest BCUT2D eigenvalue weighted by Crippen LogP contribution is -2.56. The van der Waals surface area contributed by atoms with Crippen molar-refractivity contribution in [3.8, 4) is 27.5 Å². The summed E-state index contributed by atoms with van der Waals surface area (Å²) >= 11 is 7.43. The second-order valence-electron chi connectivity index (χ2n) is 10.2. The maximum atomic E-state index is 14.4. The van der Waals surface area contributed by atoms with E-state index in [4.69, 9.17) is 21.3 Å². The van der Waals surface area contributed by atoms with Crippen molar-refractivity contribution < 1.29 is 14.3 Å². The molecule has 2 aromatic carbocycles. The molecule has 2 aromatic heterocycles. The van der Waals surface area contributed by atoms with Gasteiger partial charge in [0.05, 0.1) is 29.6 Å². The molecular weight excluding hydrogens is 572 g/mol. The largest absolute Gasteiger partial charge is 0.468 e. The first kappa shape index (κ1) is 29.7. The number of carbonyl (C=O) groups is 2. The van der Waals surface area contributed by atoms with Gasteiger partial charge >= 0.3 is 5.97 Å². The van der Waals surface area contributed by atoms with E-state index in [0.29, 0.717) is 39.9 Å². The Bertz CT molecular complexity index is 1670. The van der Waals surface area contributed by atoms with Gasteiger partial charge in [0.1, 0.15) is 11.0 Å². The number of nitrogens with one attached hydrogen (secondary N) is 1. The molecular formula is C32H33ClN4O4S. The van der Waals surface area contributed by atoms with Crippen LogP contribution in [0.4, 0.5) is 0 Å². The summed E-state index contributed by atoms with van der Waals surface area (Å²) in [5, 5.41) is 6.17. The molecule has 3 heterocycles. The second-order valence-corrected chi connectivity index (χ2v) is 11.5.